The number of benzene rings is 1. The summed E-state index contributed by atoms with van der Waals surface area (Å²) in [5.41, 5.74) is 8.03. The van der Waals surface area contributed by atoms with Gasteiger partial charge in [-0.2, -0.15) is 0 Å². The van der Waals surface area contributed by atoms with Crippen molar-refractivity contribution in [2.45, 2.75) is 23.8 Å². The first-order valence-corrected chi connectivity index (χ1v) is 5.80. The zero-order chi connectivity index (χ0) is 11.5. The van der Waals surface area contributed by atoms with Gasteiger partial charge < -0.3 is 5.73 Å². The number of nitrogens with zero attached hydrogens (tertiary/aromatic N) is 2. The number of aryl methyl sites for hydroxylation is 2. The molecule has 0 fully saturated rings. The number of aromatic nitrogens is 2. The van der Waals surface area contributed by atoms with E-state index >= 15 is 0 Å². The fraction of sp³-hybridized carbons (Fsp3) is 0.167. The Labute approximate surface area is 99.1 Å². The molecule has 0 aliphatic heterocycles. The minimum absolute atomic E-state index is 0.315. The molecule has 3 nitrogen and oxygen atoms in total. The van der Waals surface area contributed by atoms with Crippen LogP contribution in [0.1, 0.15) is 11.1 Å². The maximum atomic E-state index is 5.54. The first kappa shape index (κ1) is 11.0. The van der Waals surface area contributed by atoms with Crippen LogP contribution in [0.5, 0.6) is 0 Å². The molecule has 2 rings (SSSR count). The summed E-state index contributed by atoms with van der Waals surface area (Å²) in [7, 11) is 0. The van der Waals surface area contributed by atoms with E-state index in [1.54, 1.807) is 18.0 Å². The van der Waals surface area contributed by atoms with Crippen LogP contribution in [0.25, 0.3) is 0 Å². The Morgan fingerprint density at radius 1 is 1.19 bits per heavy atom. The van der Waals surface area contributed by atoms with Gasteiger partial charge in [0.15, 0.2) is 0 Å². The third-order valence-electron chi connectivity index (χ3n) is 2.21. The van der Waals surface area contributed by atoms with E-state index in [4.69, 9.17) is 5.73 Å². The Kier molecular flexibility index (Phi) is 3.10. The molecule has 16 heavy (non-hydrogen) atoms. The number of nitrogen functional groups attached to an aromatic ring is 1. The van der Waals surface area contributed by atoms with E-state index in [1.165, 1.54) is 16.0 Å². The van der Waals surface area contributed by atoms with Gasteiger partial charge in [0.1, 0.15) is 5.03 Å². The molecule has 0 radical (unpaired) electrons. The average molecular weight is 231 g/mol. The quantitative estimate of drug-likeness (QED) is 0.807. The third kappa shape index (κ3) is 2.52. The molecule has 4 heteroatoms. The van der Waals surface area contributed by atoms with Crippen LogP contribution in [0.3, 0.4) is 0 Å². The van der Waals surface area contributed by atoms with Gasteiger partial charge in [0, 0.05) is 11.1 Å². The van der Waals surface area contributed by atoms with Crippen molar-refractivity contribution in [3.63, 3.8) is 0 Å². The normalized spacial score (nSPS) is 10.4. The molecule has 1 heterocycles. The lowest BCUT2D eigenvalue weighted by Gasteiger charge is -2.06. The van der Waals surface area contributed by atoms with Crippen molar-refractivity contribution in [1.29, 1.82) is 0 Å². The second kappa shape index (κ2) is 4.53. The SMILES string of the molecule is Cc1ccc(C)c(Sc2ccnc(N)n2)c1. The predicted molar refractivity (Wildman–Crippen MR) is 66.5 cm³/mol. The highest BCUT2D eigenvalue weighted by Crippen LogP contribution is 2.29. The minimum atomic E-state index is 0.315. The number of hydrogen-bond acceptors (Lipinski definition) is 4. The molecule has 2 N–H and O–H groups in total. The van der Waals surface area contributed by atoms with Crippen LogP contribution in [-0.4, -0.2) is 9.97 Å². The topological polar surface area (TPSA) is 51.8 Å². The molecule has 82 valence electrons. The zero-order valence-corrected chi connectivity index (χ0v) is 10.1. The summed E-state index contributed by atoms with van der Waals surface area (Å²) < 4.78 is 0. The van der Waals surface area contributed by atoms with Crippen LogP contribution in [0.4, 0.5) is 5.95 Å². The van der Waals surface area contributed by atoms with Gasteiger partial charge in [-0.05, 0) is 37.1 Å². The zero-order valence-electron chi connectivity index (χ0n) is 9.27. The predicted octanol–water partition coefficient (Wildman–Crippen LogP) is 2.83. The van der Waals surface area contributed by atoms with Crippen molar-refractivity contribution >= 4 is 17.7 Å². The molecule has 0 unspecified atom stereocenters. The first-order chi connectivity index (χ1) is 7.65. The maximum Gasteiger partial charge on any atom is 0.221 e. The Balaban J connectivity index is 2.30. The van der Waals surface area contributed by atoms with E-state index in [-0.39, 0.29) is 0 Å². The second-order valence-electron chi connectivity index (χ2n) is 3.62. The fourth-order valence-electron chi connectivity index (χ4n) is 1.34. The van der Waals surface area contributed by atoms with E-state index in [0.29, 0.717) is 5.95 Å². The summed E-state index contributed by atoms with van der Waals surface area (Å²) in [4.78, 5) is 9.25. The molecular formula is C12H13N3S. The molecule has 0 spiro atoms. The highest BCUT2D eigenvalue weighted by Gasteiger charge is 2.03. The Hall–Kier alpha value is -1.55. The van der Waals surface area contributed by atoms with E-state index in [0.717, 1.165) is 5.03 Å². The molecule has 0 bridgehead atoms. The van der Waals surface area contributed by atoms with Gasteiger partial charge in [-0.3, -0.25) is 0 Å². The van der Waals surface area contributed by atoms with Gasteiger partial charge in [-0.1, -0.05) is 23.9 Å². The largest absolute Gasteiger partial charge is 0.368 e. The van der Waals surface area contributed by atoms with Crippen molar-refractivity contribution in [1.82, 2.24) is 9.97 Å². The molecule has 2 aromatic rings. The number of hydrogen-bond donors (Lipinski definition) is 1. The van der Waals surface area contributed by atoms with E-state index in [9.17, 15) is 0 Å². The van der Waals surface area contributed by atoms with E-state index in [1.807, 2.05) is 6.07 Å². The standard InChI is InChI=1S/C12H13N3S/c1-8-3-4-9(2)10(7-8)16-11-5-6-14-12(13)15-11/h3-7H,1-2H3,(H2,13,14,15). The molecule has 0 saturated heterocycles. The summed E-state index contributed by atoms with van der Waals surface area (Å²) in [6.07, 6.45) is 1.68. The second-order valence-corrected chi connectivity index (χ2v) is 4.69. The van der Waals surface area contributed by atoms with Gasteiger partial charge in [-0.15, -0.1) is 0 Å². The van der Waals surface area contributed by atoms with E-state index in [2.05, 4.69) is 42.0 Å². The van der Waals surface area contributed by atoms with Gasteiger partial charge in [0.2, 0.25) is 5.95 Å². The van der Waals surface area contributed by atoms with Gasteiger partial charge >= 0.3 is 0 Å². The average Bonchev–Trinajstić information content (AvgIpc) is 2.24. The van der Waals surface area contributed by atoms with Crippen molar-refractivity contribution in [3.8, 4) is 0 Å². The summed E-state index contributed by atoms with van der Waals surface area (Å²) >= 11 is 1.61. The third-order valence-corrected chi connectivity index (χ3v) is 3.30. The Morgan fingerprint density at radius 3 is 2.75 bits per heavy atom. The lowest BCUT2D eigenvalue weighted by Crippen LogP contribution is -1.94. The molecule has 0 amide bonds. The van der Waals surface area contributed by atoms with Gasteiger partial charge in [-0.25, -0.2) is 9.97 Å². The number of rotatable bonds is 2. The highest BCUT2D eigenvalue weighted by molar-refractivity contribution is 7.99. The van der Waals surface area contributed by atoms with Crippen LogP contribution >= 0.6 is 11.8 Å². The lowest BCUT2D eigenvalue weighted by molar-refractivity contribution is 1.06. The van der Waals surface area contributed by atoms with Crippen LogP contribution < -0.4 is 5.73 Å². The van der Waals surface area contributed by atoms with Gasteiger partial charge in [0.25, 0.3) is 0 Å². The molecule has 0 atom stereocenters. The summed E-state index contributed by atoms with van der Waals surface area (Å²) in [6, 6.07) is 8.23. The summed E-state index contributed by atoms with van der Waals surface area (Å²) in [5, 5.41) is 0.876. The highest BCUT2D eigenvalue weighted by atomic mass is 32.2. The van der Waals surface area contributed by atoms with Gasteiger partial charge in [0.05, 0.1) is 0 Å². The van der Waals surface area contributed by atoms with Crippen LogP contribution in [0.15, 0.2) is 40.4 Å². The van der Waals surface area contributed by atoms with Crippen LogP contribution in [0, 0.1) is 13.8 Å². The lowest BCUT2D eigenvalue weighted by atomic mass is 10.2. The monoisotopic (exact) mass is 231 g/mol. The van der Waals surface area contributed by atoms with Crippen molar-refractivity contribution in [3.05, 3.63) is 41.6 Å². The van der Waals surface area contributed by atoms with Crippen molar-refractivity contribution in [2.75, 3.05) is 5.73 Å². The minimum Gasteiger partial charge on any atom is -0.368 e. The number of nitrogens with two attached hydrogens (primary N) is 1. The molecular weight excluding hydrogens is 218 g/mol. The van der Waals surface area contributed by atoms with Crippen LogP contribution in [0.2, 0.25) is 0 Å². The molecule has 0 saturated carbocycles. The van der Waals surface area contributed by atoms with E-state index < -0.39 is 0 Å². The summed E-state index contributed by atoms with van der Waals surface area (Å²) in [6.45, 7) is 4.17. The maximum absolute atomic E-state index is 5.54. The van der Waals surface area contributed by atoms with Crippen LogP contribution in [-0.2, 0) is 0 Å². The number of anilines is 1. The van der Waals surface area contributed by atoms with Crippen molar-refractivity contribution in [2.24, 2.45) is 0 Å². The van der Waals surface area contributed by atoms with Crippen molar-refractivity contribution < 1.29 is 0 Å². The molecule has 0 aliphatic rings. The first-order valence-electron chi connectivity index (χ1n) is 4.99. The smallest absolute Gasteiger partial charge is 0.221 e. The fourth-order valence-corrected chi connectivity index (χ4v) is 2.31. The Bertz CT molecular complexity index is 511. The molecule has 0 aliphatic carbocycles. The molecule has 1 aromatic carbocycles. The molecule has 1 aromatic heterocycles. The Morgan fingerprint density at radius 2 is 2.00 bits per heavy atom. The summed E-state index contributed by atoms with van der Waals surface area (Å²) in [5.74, 6) is 0.315.